The molecule has 0 fully saturated rings. The number of hydrogen-bond acceptors (Lipinski definition) is 2. The highest BCUT2D eigenvalue weighted by molar-refractivity contribution is 9.10. The van der Waals surface area contributed by atoms with Crippen molar-refractivity contribution in [3.63, 3.8) is 0 Å². The lowest BCUT2D eigenvalue weighted by Crippen LogP contribution is -2.23. The molecular weight excluding hydrogens is 364 g/mol. The first-order valence-corrected chi connectivity index (χ1v) is 9.01. The van der Waals surface area contributed by atoms with Gasteiger partial charge in [-0.1, -0.05) is 54.0 Å². The van der Waals surface area contributed by atoms with E-state index in [4.69, 9.17) is 9.84 Å². The lowest BCUT2D eigenvalue weighted by molar-refractivity contribution is 0.153. The van der Waals surface area contributed by atoms with E-state index in [1.807, 2.05) is 35.0 Å². The Kier molecular flexibility index (Phi) is 3.93. The summed E-state index contributed by atoms with van der Waals surface area (Å²) in [4.78, 5) is 0. The lowest BCUT2D eigenvalue weighted by atomic mass is 10.0. The number of fused-ring (bicyclic) bond motifs is 3. The summed E-state index contributed by atoms with van der Waals surface area (Å²) in [5.74, 6) is 1.48. The second-order valence-corrected chi connectivity index (χ2v) is 7.50. The molecule has 0 amide bonds. The van der Waals surface area contributed by atoms with Crippen molar-refractivity contribution in [3.05, 3.63) is 70.3 Å². The van der Waals surface area contributed by atoms with Crippen LogP contribution in [0, 0.1) is 5.92 Å². The summed E-state index contributed by atoms with van der Waals surface area (Å²) >= 11 is 3.49. The molecule has 0 N–H and O–H groups in total. The van der Waals surface area contributed by atoms with E-state index in [0.717, 1.165) is 39.2 Å². The van der Waals surface area contributed by atoms with Crippen LogP contribution >= 0.6 is 15.9 Å². The zero-order valence-corrected chi connectivity index (χ0v) is 15.3. The third-order valence-corrected chi connectivity index (χ3v) is 4.71. The fourth-order valence-electron chi connectivity index (χ4n) is 3.13. The fraction of sp³-hybridized carbons (Fsp3) is 0.250. The van der Waals surface area contributed by atoms with E-state index in [1.54, 1.807) is 0 Å². The predicted molar refractivity (Wildman–Crippen MR) is 99.1 cm³/mol. The normalized spacial score (nSPS) is 15.8. The average molecular weight is 383 g/mol. The molecule has 2 aromatic carbocycles. The number of hydrogen-bond donors (Lipinski definition) is 0. The maximum absolute atomic E-state index is 6.29. The van der Waals surface area contributed by atoms with Crippen molar-refractivity contribution in [2.75, 3.05) is 0 Å². The largest absolute Gasteiger partial charge is 0.464 e. The smallest absolute Gasteiger partial charge is 0.218 e. The fourth-order valence-corrected chi connectivity index (χ4v) is 3.40. The molecule has 1 aromatic heterocycles. The van der Waals surface area contributed by atoms with Crippen molar-refractivity contribution in [1.82, 2.24) is 9.78 Å². The molecule has 2 heterocycles. The molecule has 4 heteroatoms. The quantitative estimate of drug-likeness (QED) is 0.601. The van der Waals surface area contributed by atoms with Crippen LogP contribution in [0.15, 0.2) is 59.1 Å². The number of benzene rings is 2. The Morgan fingerprint density at radius 3 is 2.62 bits per heavy atom. The van der Waals surface area contributed by atoms with Crippen LogP contribution in [0.1, 0.15) is 31.3 Å². The van der Waals surface area contributed by atoms with E-state index in [1.165, 1.54) is 0 Å². The van der Waals surface area contributed by atoms with Gasteiger partial charge in [0.15, 0.2) is 0 Å². The molecule has 0 saturated heterocycles. The molecule has 0 saturated carbocycles. The molecule has 1 unspecified atom stereocenters. The minimum atomic E-state index is -0.232. The van der Waals surface area contributed by atoms with Crippen LogP contribution in [-0.2, 0) is 6.42 Å². The van der Waals surface area contributed by atoms with Crippen molar-refractivity contribution >= 4 is 15.9 Å². The molecule has 0 radical (unpaired) electrons. The van der Waals surface area contributed by atoms with Crippen LogP contribution < -0.4 is 4.74 Å². The Labute approximate surface area is 150 Å². The van der Waals surface area contributed by atoms with E-state index in [-0.39, 0.29) is 6.23 Å². The Bertz CT molecular complexity index is 868. The monoisotopic (exact) mass is 382 g/mol. The number of ether oxygens (including phenoxy) is 1. The summed E-state index contributed by atoms with van der Waals surface area (Å²) in [5, 5.41) is 4.85. The molecule has 0 spiro atoms. The van der Waals surface area contributed by atoms with Crippen LogP contribution in [0.2, 0.25) is 0 Å². The van der Waals surface area contributed by atoms with Gasteiger partial charge in [-0.15, -0.1) is 0 Å². The molecule has 0 bridgehead atoms. The van der Waals surface area contributed by atoms with Gasteiger partial charge in [-0.25, -0.2) is 4.68 Å². The van der Waals surface area contributed by atoms with Gasteiger partial charge in [0.1, 0.15) is 5.75 Å². The SMILES string of the molecule is CC(C)Cc1cc2n(n1)C(c1ccc(Br)cc1)Oc1ccccc1-2. The van der Waals surface area contributed by atoms with E-state index in [2.05, 4.69) is 54.0 Å². The van der Waals surface area contributed by atoms with Gasteiger partial charge < -0.3 is 4.74 Å². The maximum atomic E-state index is 6.29. The van der Waals surface area contributed by atoms with Gasteiger partial charge >= 0.3 is 0 Å². The predicted octanol–water partition coefficient (Wildman–Crippen LogP) is 5.45. The highest BCUT2D eigenvalue weighted by Gasteiger charge is 2.28. The Morgan fingerprint density at radius 1 is 1.12 bits per heavy atom. The number of para-hydroxylation sites is 1. The van der Waals surface area contributed by atoms with Crippen LogP contribution in [0.3, 0.4) is 0 Å². The van der Waals surface area contributed by atoms with Gasteiger partial charge in [0.2, 0.25) is 6.23 Å². The number of halogens is 1. The van der Waals surface area contributed by atoms with Crippen LogP contribution in [0.5, 0.6) is 5.75 Å². The molecule has 4 rings (SSSR count). The topological polar surface area (TPSA) is 27.1 Å². The first kappa shape index (κ1) is 15.5. The molecule has 3 aromatic rings. The van der Waals surface area contributed by atoms with Crippen LogP contribution in [-0.4, -0.2) is 9.78 Å². The Morgan fingerprint density at radius 2 is 1.88 bits per heavy atom. The summed E-state index contributed by atoms with van der Waals surface area (Å²) in [6, 6.07) is 18.6. The molecule has 122 valence electrons. The van der Waals surface area contributed by atoms with Gasteiger partial charge in [-0.2, -0.15) is 5.10 Å². The van der Waals surface area contributed by atoms with Crippen LogP contribution in [0.4, 0.5) is 0 Å². The molecule has 1 aliphatic heterocycles. The van der Waals surface area contributed by atoms with Gasteiger partial charge in [0, 0.05) is 15.6 Å². The van der Waals surface area contributed by atoms with Crippen molar-refractivity contribution in [3.8, 4) is 17.0 Å². The van der Waals surface area contributed by atoms with Crippen molar-refractivity contribution in [2.45, 2.75) is 26.5 Å². The van der Waals surface area contributed by atoms with Crippen LogP contribution in [0.25, 0.3) is 11.3 Å². The standard InChI is InChI=1S/C20H19BrN2O/c1-13(2)11-16-12-18-17-5-3-4-6-19(17)24-20(23(18)22-16)14-7-9-15(21)10-8-14/h3-10,12-13,20H,11H2,1-2H3. The second-order valence-electron chi connectivity index (χ2n) is 6.58. The minimum absolute atomic E-state index is 0.232. The van der Waals surface area contributed by atoms with Gasteiger partial charge in [0.25, 0.3) is 0 Å². The summed E-state index contributed by atoms with van der Waals surface area (Å²) < 4.78 is 9.36. The summed E-state index contributed by atoms with van der Waals surface area (Å²) in [6.45, 7) is 4.43. The summed E-state index contributed by atoms with van der Waals surface area (Å²) in [6.07, 6.45) is 0.735. The molecule has 1 aliphatic rings. The summed E-state index contributed by atoms with van der Waals surface area (Å²) in [7, 11) is 0. The Balaban J connectivity index is 1.84. The van der Waals surface area contributed by atoms with E-state index < -0.39 is 0 Å². The van der Waals surface area contributed by atoms with Gasteiger partial charge in [-0.05, 0) is 42.7 Å². The average Bonchev–Trinajstić information content (AvgIpc) is 2.98. The maximum Gasteiger partial charge on any atom is 0.218 e. The number of aromatic nitrogens is 2. The zero-order valence-electron chi connectivity index (χ0n) is 13.7. The lowest BCUT2D eigenvalue weighted by Gasteiger charge is -2.28. The van der Waals surface area contributed by atoms with Gasteiger partial charge in [0.05, 0.1) is 11.4 Å². The first-order valence-electron chi connectivity index (χ1n) is 8.22. The van der Waals surface area contributed by atoms with E-state index >= 15 is 0 Å². The molecule has 24 heavy (non-hydrogen) atoms. The van der Waals surface area contributed by atoms with Crippen molar-refractivity contribution in [1.29, 1.82) is 0 Å². The first-order chi connectivity index (χ1) is 11.6. The summed E-state index contributed by atoms with van der Waals surface area (Å²) in [5.41, 5.74) is 4.43. The molecule has 3 nitrogen and oxygen atoms in total. The molecule has 1 atom stereocenters. The van der Waals surface area contributed by atoms with Crippen molar-refractivity contribution in [2.24, 2.45) is 5.92 Å². The third kappa shape index (κ3) is 2.75. The third-order valence-electron chi connectivity index (χ3n) is 4.18. The van der Waals surface area contributed by atoms with E-state index in [9.17, 15) is 0 Å². The number of rotatable bonds is 3. The molecular formula is C20H19BrN2O. The molecule has 0 aliphatic carbocycles. The number of nitrogens with zero attached hydrogens (tertiary/aromatic N) is 2. The second kappa shape index (κ2) is 6.10. The highest BCUT2D eigenvalue weighted by Crippen LogP contribution is 2.40. The van der Waals surface area contributed by atoms with Crippen molar-refractivity contribution < 1.29 is 4.74 Å². The minimum Gasteiger partial charge on any atom is -0.464 e. The van der Waals surface area contributed by atoms with Gasteiger partial charge in [-0.3, -0.25) is 0 Å². The zero-order chi connectivity index (χ0) is 16.7. The highest BCUT2D eigenvalue weighted by atomic mass is 79.9. The Hall–Kier alpha value is -2.07. The van der Waals surface area contributed by atoms with E-state index in [0.29, 0.717) is 5.92 Å².